The second-order valence-electron chi connectivity index (χ2n) is 9.78. The van der Waals surface area contributed by atoms with Crippen molar-refractivity contribution >= 4 is 27.7 Å². The molecule has 2 aliphatic carbocycles. The zero-order valence-electron chi connectivity index (χ0n) is 19.9. The first-order chi connectivity index (χ1) is 15.3. The van der Waals surface area contributed by atoms with E-state index in [9.17, 15) is 0 Å². The lowest BCUT2D eigenvalue weighted by Crippen LogP contribution is -2.30. The summed E-state index contributed by atoms with van der Waals surface area (Å²) in [5, 5.41) is 2.58. The maximum atomic E-state index is 2.38. The van der Waals surface area contributed by atoms with E-state index in [1.54, 1.807) is 0 Å². The van der Waals surface area contributed by atoms with Crippen molar-refractivity contribution in [3.63, 3.8) is 0 Å². The van der Waals surface area contributed by atoms with Crippen LogP contribution < -0.4 is 4.90 Å². The summed E-state index contributed by atoms with van der Waals surface area (Å²) in [6.45, 7) is 4.73. The molecule has 0 radical (unpaired) electrons. The van der Waals surface area contributed by atoms with Crippen molar-refractivity contribution < 1.29 is 4.58 Å². The van der Waals surface area contributed by atoms with E-state index in [-0.39, 0.29) is 12.8 Å². The zero-order valence-corrected chi connectivity index (χ0v) is 19.9. The summed E-state index contributed by atoms with van der Waals surface area (Å²) in [6.07, 6.45) is 6.96. The van der Waals surface area contributed by atoms with Crippen molar-refractivity contribution in [2.75, 3.05) is 33.1 Å². The number of rotatable bonds is 2. The van der Waals surface area contributed by atoms with Crippen LogP contribution in [0.3, 0.4) is 0 Å². The molecule has 0 spiro atoms. The summed E-state index contributed by atoms with van der Waals surface area (Å²) in [7, 11) is 8.46. The SMILES string of the molecule is C.CN(C)c1ccc2c(c1)C(C)(C)C1=CC(=[N+](C)C)C=CC1=C2c1cccc2ccccc12. The highest BCUT2D eigenvalue weighted by Crippen LogP contribution is 2.51. The quantitative estimate of drug-likeness (QED) is 0.399. The lowest BCUT2D eigenvalue weighted by molar-refractivity contribution is -0.462. The average Bonchev–Trinajstić information content (AvgIpc) is 2.79. The van der Waals surface area contributed by atoms with Gasteiger partial charge in [0.25, 0.3) is 0 Å². The molecule has 0 saturated carbocycles. The number of hydrogen-bond acceptors (Lipinski definition) is 1. The number of fused-ring (bicyclic) bond motifs is 3. The summed E-state index contributed by atoms with van der Waals surface area (Å²) in [6, 6.07) is 22.4. The molecule has 0 aliphatic heterocycles. The fourth-order valence-corrected chi connectivity index (χ4v) is 5.11. The van der Waals surface area contributed by atoms with Crippen LogP contribution in [-0.4, -0.2) is 38.5 Å². The second-order valence-corrected chi connectivity index (χ2v) is 9.78. The fourth-order valence-electron chi connectivity index (χ4n) is 5.11. The minimum Gasteiger partial charge on any atom is -0.378 e. The van der Waals surface area contributed by atoms with Gasteiger partial charge < -0.3 is 4.90 Å². The predicted octanol–water partition coefficient (Wildman–Crippen LogP) is 6.84. The van der Waals surface area contributed by atoms with Crippen molar-refractivity contribution in [3.8, 4) is 0 Å². The maximum Gasteiger partial charge on any atom is 0.199 e. The first kappa shape index (κ1) is 22.8. The van der Waals surface area contributed by atoms with E-state index in [0.717, 1.165) is 0 Å². The van der Waals surface area contributed by atoms with Crippen LogP contribution >= 0.6 is 0 Å². The van der Waals surface area contributed by atoms with Crippen LogP contribution in [0.5, 0.6) is 0 Å². The van der Waals surface area contributed by atoms with Crippen LogP contribution in [0.15, 0.2) is 90.0 Å². The molecule has 0 atom stereocenters. The Labute approximate surface area is 198 Å². The third-order valence-electron chi connectivity index (χ3n) is 6.98. The normalized spacial score (nSPS) is 16.1. The molecule has 5 rings (SSSR count). The summed E-state index contributed by atoms with van der Waals surface area (Å²) < 4.78 is 2.19. The van der Waals surface area contributed by atoms with Gasteiger partial charge in [-0.3, -0.25) is 0 Å². The topological polar surface area (TPSA) is 6.25 Å². The maximum absolute atomic E-state index is 2.38. The Morgan fingerprint density at radius 1 is 0.818 bits per heavy atom. The van der Waals surface area contributed by atoms with Crippen LogP contribution in [0.2, 0.25) is 0 Å². The highest BCUT2D eigenvalue weighted by Gasteiger charge is 2.39. The van der Waals surface area contributed by atoms with Gasteiger partial charge in [0, 0.05) is 37.3 Å². The standard InChI is InChI=1S/C30H31N2.CH4/c1-30(2)27-18-21(31(3)4)14-16-25(27)29(26-17-15-22(32(5)6)19-28(26)30)24-13-9-11-20-10-7-8-12-23(20)24;/h7-19H,1-6H3;1H4/q+1;. The molecule has 0 saturated heterocycles. The molecule has 0 bridgehead atoms. The van der Waals surface area contributed by atoms with Gasteiger partial charge in [-0.2, -0.15) is 0 Å². The lowest BCUT2D eigenvalue weighted by Gasteiger charge is -2.39. The molecular weight excluding hydrogens is 400 g/mol. The molecule has 3 aromatic rings. The van der Waals surface area contributed by atoms with E-state index in [0.29, 0.717) is 0 Å². The van der Waals surface area contributed by atoms with Gasteiger partial charge in [0.15, 0.2) is 5.71 Å². The average molecular weight is 436 g/mol. The number of hydrogen-bond donors (Lipinski definition) is 0. The first-order valence-electron chi connectivity index (χ1n) is 11.3. The summed E-state index contributed by atoms with van der Waals surface area (Å²) in [5.41, 5.74) is 10.5. The molecule has 2 aliphatic rings. The van der Waals surface area contributed by atoms with Crippen LogP contribution in [0.1, 0.15) is 38.0 Å². The van der Waals surface area contributed by atoms with Gasteiger partial charge in [0.2, 0.25) is 0 Å². The van der Waals surface area contributed by atoms with E-state index >= 15 is 0 Å². The van der Waals surface area contributed by atoms with Gasteiger partial charge in [-0.25, -0.2) is 4.58 Å². The largest absolute Gasteiger partial charge is 0.378 e. The fraction of sp³-hybridized carbons (Fsp3) is 0.258. The van der Waals surface area contributed by atoms with Gasteiger partial charge in [-0.15, -0.1) is 0 Å². The molecule has 3 aromatic carbocycles. The highest BCUT2D eigenvalue weighted by atomic mass is 15.1. The summed E-state index contributed by atoms with van der Waals surface area (Å²) >= 11 is 0. The van der Waals surface area contributed by atoms with Crippen LogP contribution in [0, 0.1) is 0 Å². The minimum atomic E-state index is -0.100. The molecule has 0 aromatic heterocycles. The molecule has 0 unspecified atom stereocenters. The van der Waals surface area contributed by atoms with Crippen LogP contribution in [0.25, 0.3) is 16.3 Å². The van der Waals surface area contributed by atoms with Crippen LogP contribution in [0.4, 0.5) is 5.69 Å². The van der Waals surface area contributed by atoms with E-state index in [4.69, 9.17) is 0 Å². The highest BCUT2D eigenvalue weighted by molar-refractivity contribution is 6.08. The predicted molar refractivity (Wildman–Crippen MR) is 145 cm³/mol. The van der Waals surface area contributed by atoms with Gasteiger partial charge in [0.1, 0.15) is 14.1 Å². The first-order valence-corrected chi connectivity index (χ1v) is 11.3. The van der Waals surface area contributed by atoms with E-state index in [1.165, 1.54) is 55.6 Å². The Morgan fingerprint density at radius 2 is 1.55 bits per heavy atom. The summed E-state index contributed by atoms with van der Waals surface area (Å²) in [5.74, 6) is 0. The monoisotopic (exact) mass is 435 g/mol. The van der Waals surface area contributed by atoms with E-state index < -0.39 is 0 Å². The third-order valence-corrected chi connectivity index (χ3v) is 6.98. The molecule has 2 nitrogen and oxygen atoms in total. The summed E-state index contributed by atoms with van der Waals surface area (Å²) in [4.78, 5) is 2.19. The third kappa shape index (κ3) is 3.54. The Hall–Kier alpha value is -3.39. The Bertz CT molecular complexity index is 1370. The smallest absolute Gasteiger partial charge is 0.199 e. The molecule has 0 heterocycles. The van der Waals surface area contributed by atoms with Gasteiger partial charge >= 0.3 is 0 Å². The second kappa shape index (κ2) is 8.19. The lowest BCUT2D eigenvalue weighted by atomic mass is 9.64. The zero-order chi connectivity index (χ0) is 22.6. The molecule has 2 heteroatoms. The Balaban J connectivity index is 0.00000259. The van der Waals surface area contributed by atoms with E-state index in [2.05, 4.69) is 130 Å². The van der Waals surface area contributed by atoms with Gasteiger partial charge in [-0.1, -0.05) is 69.8 Å². The molecular formula is C31H35N2+. The van der Waals surface area contributed by atoms with Crippen molar-refractivity contribution in [3.05, 3.63) is 107 Å². The number of benzene rings is 3. The number of allylic oxidation sites excluding steroid dienone is 5. The molecule has 0 amide bonds. The minimum absolute atomic E-state index is 0. The number of anilines is 1. The van der Waals surface area contributed by atoms with Crippen molar-refractivity contribution in [1.29, 1.82) is 0 Å². The van der Waals surface area contributed by atoms with E-state index in [1.807, 2.05) is 0 Å². The van der Waals surface area contributed by atoms with Gasteiger partial charge in [0.05, 0.1) is 0 Å². The van der Waals surface area contributed by atoms with Crippen molar-refractivity contribution in [2.45, 2.75) is 26.7 Å². The molecule has 168 valence electrons. The molecule has 33 heavy (non-hydrogen) atoms. The van der Waals surface area contributed by atoms with Crippen molar-refractivity contribution in [1.82, 2.24) is 0 Å². The van der Waals surface area contributed by atoms with Gasteiger partial charge in [-0.05, 0) is 62.4 Å². The van der Waals surface area contributed by atoms with Crippen molar-refractivity contribution in [2.24, 2.45) is 0 Å². The Kier molecular flexibility index (Phi) is 5.66. The molecule has 0 fully saturated rings. The molecule has 0 N–H and O–H groups in total. The number of nitrogens with zero attached hydrogens (tertiary/aromatic N) is 2. The Morgan fingerprint density at radius 3 is 2.27 bits per heavy atom. The van der Waals surface area contributed by atoms with Crippen LogP contribution in [-0.2, 0) is 5.41 Å².